The first-order valence-corrected chi connectivity index (χ1v) is 8.32. The largest absolute Gasteiger partial charge is 0.494 e. The van der Waals surface area contributed by atoms with Crippen LogP contribution in [0.2, 0.25) is 0 Å². The lowest BCUT2D eigenvalue weighted by atomic mass is 9.69. The van der Waals surface area contributed by atoms with Gasteiger partial charge in [0.2, 0.25) is 0 Å². The summed E-state index contributed by atoms with van der Waals surface area (Å²) < 4.78 is 7.18. The average molecular weight is 334 g/mol. The molecule has 0 bridgehead atoms. The first-order chi connectivity index (χ1) is 12.3. The Labute approximate surface area is 149 Å². The van der Waals surface area contributed by atoms with E-state index in [0.717, 1.165) is 13.0 Å². The molecule has 0 fully saturated rings. The van der Waals surface area contributed by atoms with Gasteiger partial charge in [0.15, 0.2) is 7.28 Å². The fourth-order valence-electron chi connectivity index (χ4n) is 2.23. The van der Waals surface area contributed by atoms with Crippen LogP contribution in [0, 0.1) is 0 Å². The number of rotatable bonds is 6. The molecule has 1 N–H and O–H groups in total. The van der Waals surface area contributed by atoms with Gasteiger partial charge >= 0.3 is 0 Å². The Morgan fingerprint density at radius 1 is 1.12 bits per heavy atom. The van der Waals surface area contributed by atoms with Crippen molar-refractivity contribution in [3.8, 4) is 5.75 Å². The Morgan fingerprint density at radius 2 is 1.88 bits per heavy atom. The molecule has 0 saturated carbocycles. The van der Waals surface area contributed by atoms with Crippen molar-refractivity contribution in [2.75, 3.05) is 6.61 Å². The Bertz CT molecular complexity index is 743. The molecule has 0 atom stereocenters. The molecule has 0 saturated heterocycles. The molecule has 0 aliphatic heterocycles. The van der Waals surface area contributed by atoms with Crippen LogP contribution in [0.4, 0.5) is 0 Å². The van der Waals surface area contributed by atoms with Gasteiger partial charge in [0.1, 0.15) is 12.5 Å². The van der Waals surface area contributed by atoms with Crippen molar-refractivity contribution in [1.82, 2.24) is 9.55 Å². The molecule has 1 aromatic heterocycles. The van der Waals surface area contributed by atoms with Crippen LogP contribution in [0.1, 0.15) is 12.5 Å². The van der Waals surface area contributed by atoms with Crippen molar-refractivity contribution in [1.29, 1.82) is 0 Å². The molecule has 0 aliphatic carbocycles. The smallest absolute Gasteiger partial charge is 0.187 e. The number of ether oxygens (including phenoxy) is 1. The summed E-state index contributed by atoms with van der Waals surface area (Å²) in [7, 11) is 0.894. The van der Waals surface area contributed by atoms with Crippen LogP contribution in [0.25, 0.3) is 6.08 Å². The van der Waals surface area contributed by atoms with Crippen molar-refractivity contribution < 1.29 is 9.84 Å². The van der Waals surface area contributed by atoms with Gasteiger partial charge in [-0.1, -0.05) is 54.6 Å². The molecule has 3 rings (SSSR count). The number of hydrogen-bond acceptors (Lipinski definition) is 3. The van der Waals surface area contributed by atoms with E-state index in [4.69, 9.17) is 9.84 Å². The summed E-state index contributed by atoms with van der Waals surface area (Å²) in [6, 6.07) is 18.5. The lowest BCUT2D eigenvalue weighted by Gasteiger charge is -2.07. The van der Waals surface area contributed by atoms with Crippen LogP contribution in [-0.2, 0) is 6.73 Å². The first-order valence-electron chi connectivity index (χ1n) is 8.32. The van der Waals surface area contributed by atoms with Gasteiger partial charge in [-0.25, -0.2) is 4.98 Å². The molecule has 1 heterocycles. The van der Waals surface area contributed by atoms with Crippen LogP contribution in [0.15, 0.2) is 79.3 Å². The fourth-order valence-corrected chi connectivity index (χ4v) is 2.23. The summed E-state index contributed by atoms with van der Waals surface area (Å²) in [5.41, 5.74) is 2.46. The third-order valence-corrected chi connectivity index (χ3v) is 3.44. The van der Waals surface area contributed by atoms with E-state index in [-0.39, 0.29) is 6.73 Å². The monoisotopic (exact) mass is 334 g/mol. The highest BCUT2D eigenvalue weighted by Crippen LogP contribution is 2.06. The third kappa shape index (κ3) is 6.69. The molecular weight excluding hydrogens is 311 g/mol. The molecule has 2 aromatic carbocycles. The second-order valence-electron chi connectivity index (χ2n) is 5.28. The number of benzene rings is 2. The van der Waals surface area contributed by atoms with Gasteiger partial charge in [-0.2, -0.15) is 0 Å². The summed E-state index contributed by atoms with van der Waals surface area (Å²) in [6.07, 6.45) is 7.01. The number of nitrogens with zero attached hydrogens (tertiary/aromatic N) is 2. The lowest BCUT2D eigenvalue weighted by Crippen LogP contribution is -2.15. The maximum absolute atomic E-state index is 8.35. The maximum atomic E-state index is 8.35. The minimum absolute atomic E-state index is 0.0139. The summed E-state index contributed by atoms with van der Waals surface area (Å²) in [5.74, 6) is 3.16. The number of aromatic nitrogens is 2. The molecule has 128 valence electrons. The quantitative estimate of drug-likeness (QED) is 0.705. The number of hydrogen-bond donors (Lipinski definition) is 1. The van der Waals surface area contributed by atoms with Crippen molar-refractivity contribution in [2.24, 2.45) is 0 Å². The van der Waals surface area contributed by atoms with Gasteiger partial charge in [0.25, 0.3) is 0 Å². The topological polar surface area (TPSA) is 47.3 Å². The van der Waals surface area contributed by atoms with E-state index >= 15 is 0 Å². The third-order valence-electron chi connectivity index (χ3n) is 3.44. The van der Waals surface area contributed by atoms with Crippen LogP contribution in [0.3, 0.4) is 0 Å². The van der Waals surface area contributed by atoms with Crippen LogP contribution < -0.4 is 10.2 Å². The van der Waals surface area contributed by atoms with Gasteiger partial charge in [-0.15, -0.1) is 5.98 Å². The molecule has 0 radical (unpaired) electrons. The molecule has 4 nitrogen and oxygen atoms in total. The van der Waals surface area contributed by atoms with E-state index in [1.165, 1.54) is 11.0 Å². The second-order valence-corrected chi connectivity index (χ2v) is 5.28. The minimum atomic E-state index is 0.0139. The number of aliphatic hydroxyl groups excluding tert-OH is 1. The highest BCUT2D eigenvalue weighted by Gasteiger charge is 2.00. The van der Waals surface area contributed by atoms with E-state index < -0.39 is 0 Å². The molecule has 0 unspecified atom stereocenters. The van der Waals surface area contributed by atoms with Gasteiger partial charge in [0, 0.05) is 12.4 Å². The SMILES string of the molecule is CCOc1ccccc1BC=Cc1ccccc1.OCn1ccnc1. The highest BCUT2D eigenvalue weighted by molar-refractivity contribution is 6.60. The molecule has 0 aliphatic rings. The Kier molecular flexibility index (Phi) is 8.08. The molecule has 0 amide bonds. The molecule has 0 spiro atoms. The van der Waals surface area contributed by atoms with Crippen molar-refractivity contribution in [3.05, 3.63) is 84.9 Å². The maximum Gasteiger partial charge on any atom is 0.187 e. The predicted octanol–water partition coefficient (Wildman–Crippen LogP) is 2.65. The number of para-hydroxylation sites is 1. The second kappa shape index (κ2) is 10.9. The molecular formula is C20H23BN2O2. The van der Waals surface area contributed by atoms with Gasteiger partial charge in [-0.3, -0.25) is 0 Å². The van der Waals surface area contributed by atoms with Crippen LogP contribution >= 0.6 is 0 Å². The summed E-state index contributed by atoms with van der Waals surface area (Å²) >= 11 is 0. The molecule has 3 aromatic rings. The van der Waals surface area contributed by atoms with E-state index in [2.05, 4.69) is 35.2 Å². The van der Waals surface area contributed by atoms with E-state index in [0.29, 0.717) is 6.61 Å². The van der Waals surface area contributed by atoms with Crippen LogP contribution in [-0.4, -0.2) is 28.5 Å². The standard InChI is InChI=1S/C16H17BO.C4H6N2O/c1-2-18-16-11-7-6-10-15(16)17-13-12-14-8-4-3-5-9-14;7-4-6-2-1-5-3-6/h3-13,17H,2H2,1H3;1-3,7H,4H2. The fraction of sp³-hybridized carbons (Fsp3) is 0.150. The highest BCUT2D eigenvalue weighted by atomic mass is 16.5. The minimum Gasteiger partial charge on any atom is -0.494 e. The van der Waals surface area contributed by atoms with Crippen LogP contribution in [0.5, 0.6) is 5.75 Å². The Balaban J connectivity index is 0.000000269. The zero-order chi connectivity index (χ0) is 17.7. The van der Waals surface area contributed by atoms with E-state index in [1.54, 1.807) is 23.3 Å². The molecule has 5 heteroatoms. The van der Waals surface area contributed by atoms with Crippen molar-refractivity contribution in [2.45, 2.75) is 13.7 Å². The summed E-state index contributed by atoms with van der Waals surface area (Å²) in [5, 5.41) is 8.35. The zero-order valence-corrected chi connectivity index (χ0v) is 14.5. The number of aliphatic hydroxyl groups is 1. The van der Waals surface area contributed by atoms with Crippen molar-refractivity contribution >= 4 is 18.8 Å². The molecule has 25 heavy (non-hydrogen) atoms. The zero-order valence-electron chi connectivity index (χ0n) is 14.5. The summed E-state index contributed by atoms with van der Waals surface area (Å²) in [6.45, 7) is 2.73. The normalized spacial score (nSPS) is 10.2. The van der Waals surface area contributed by atoms with E-state index in [1.807, 2.05) is 43.3 Å². The van der Waals surface area contributed by atoms with Gasteiger partial charge < -0.3 is 14.4 Å². The lowest BCUT2D eigenvalue weighted by molar-refractivity contribution is 0.210. The first kappa shape index (κ1) is 18.6. The predicted molar refractivity (Wildman–Crippen MR) is 104 cm³/mol. The van der Waals surface area contributed by atoms with Gasteiger partial charge in [-0.05, 0) is 24.0 Å². The van der Waals surface area contributed by atoms with E-state index in [9.17, 15) is 0 Å². The number of imidazole rings is 1. The van der Waals surface area contributed by atoms with Crippen molar-refractivity contribution in [3.63, 3.8) is 0 Å². The van der Waals surface area contributed by atoms with Gasteiger partial charge in [0.05, 0.1) is 12.9 Å². The Morgan fingerprint density at radius 3 is 2.52 bits per heavy atom. The average Bonchev–Trinajstić information content (AvgIpc) is 3.19. The Hall–Kier alpha value is -2.79. The summed E-state index contributed by atoms with van der Waals surface area (Å²) in [4.78, 5) is 3.70.